The van der Waals surface area contributed by atoms with Crippen molar-refractivity contribution in [2.24, 2.45) is 0 Å². The summed E-state index contributed by atoms with van der Waals surface area (Å²) in [5.41, 5.74) is 0.101. The van der Waals surface area contributed by atoms with Crippen LogP contribution in [-0.2, 0) is 9.53 Å². The van der Waals surface area contributed by atoms with Crippen LogP contribution < -0.4 is 15.4 Å². The fourth-order valence-electron chi connectivity index (χ4n) is 2.37. The molecule has 2 amide bonds. The third-order valence-electron chi connectivity index (χ3n) is 3.67. The molecule has 2 aromatic rings. The number of thiophene rings is 1. The Morgan fingerprint density at radius 1 is 1.14 bits per heavy atom. The molecule has 1 aromatic carbocycles. The Morgan fingerprint density at radius 2 is 1.79 bits per heavy atom. The average Bonchev–Trinajstić information content (AvgIpc) is 2.97. The fraction of sp³-hybridized carbons (Fsp3) is 0.278. The number of amides is 2. The first kappa shape index (κ1) is 22.2. The van der Waals surface area contributed by atoms with Crippen LogP contribution >= 0.6 is 11.3 Å². The lowest BCUT2D eigenvalue weighted by atomic mass is 10.1. The lowest BCUT2D eigenvalue weighted by Crippen LogP contribution is -2.30. The van der Waals surface area contributed by atoms with Crippen molar-refractivity contribution in [3.8, 4) is 5.75 Å². The molecule has 0 aliphatic heterocycles. The Labute approximate surface area is 167 Å². The van der Waals surface area contributed by atoms with E-state index in [-0.39, 0.29) is 22.6 Å². The Hall–Kier alpha value is -3.08. The van der Waals surface area contributed by atoms with Crippen molar-refractivity contribution in [1.29, 1.82) is 0 Å². The molecule has 0 spiro atoms. The molecule has 1 aromatic heterocycles. The van der Waals surface area contributed by atoms with Crippen LogP contribution in [0.3, 0.4) is 0 Å². The third-order valence-corrected chi connectivity index (χ3v) is 4.88. The first-order valence-electron chi connectivity index (χ1n) is 8.23. The van der Waals surface area contributed by atoms with E-state index in [0.717, 1.165) is 0 Å². The van der Waals surface area contributed by atoms with Crippen molar-refractivity contribution in [2.45, 2.75) is 20.0 Å². The van der Waals surface area contributed by atoms with Gasteiger partial charge in [0.1, 0.15) is 10.8 Å². The topological polar surface area (TPSA) is 93.7 Å². The third kappa shape index (κ3) is 5.05. The van der Waals surface area contributed by atoms with Crippen LogP contribution in [0.5, 0.6) is 5.75 Å². The highest BCUT2D eigenvalue weighted by molar-refractivity contribution is 7.19. The molecule has 0 radical (unpaired) electrons. The Morgan fingerprint density at radius 3 is 2.38 bits per heavy atom. The first-order valence-corrected chi connectivity index (χ1v) is 9.04. The smallest absolute Gasteiger partial charge is 0.471 e. The molecule has 2 N–H and O–H groups in total. The number of halogens is 3. The number of methoxy groups -OCH3 is 1. The average molecular weight is 430 g/mol. The minimum absolute atomic E-state index is 0.0382. The van der Waals surface area contributed by atoms with Gasteiger partial charge in [-0.2, -0.15) is 13.2 Å². The second-order valence-corrected chi connectivity index (χ2v) is 6.61. The summed E-state index contributed by atoms with van der Waals surface area (Å²) >= 11 is 0.540. The number of rotatable bonds is 6. The molecule has 2 rings (SSSR count). The van der Waals surface area contributed by atoms with Gasteiger partial charge in [-0.15, -0.1) is 11.3 Å². The monoisotopic (exact) mass is 430 g/mol. The summed E-state index contributed by atoms with van der Waals surface area (Å²) in [7, 11) is 1.41. The number of carbonyl (C=O) groups excluding carboxylic acids is 3. The van der Waals surface area contributed by atoms with Crippen LogP contribution in [0.1, 0.15) is 32.5 Å². The number of para-hydroxylation sites is 2. The number of hydrogen-bond donors (Lipinski definition) is 2. The predicted molar refractivity (Wildman–Crippen MR) is 101 cm³/mol. The zero-order chi connectivity index (χ0) is 21.8. The van der Waals surface area contributed by atoms with E-state index in [1.807, 2.05) is 0 Å². The fourth-order valence-corrected chi connectivity index (χ4v) is 3.45. The highest BCUT2D eigenvalue weighted by atomic mass is 32.1. The lowest BCUT2D eigenvalue weighted by molar-refractivity contribution is -0.167. The number of esters is 1. The van der Waals surface area contributed by atoms with Crippen LogP contribution in [0.15, 0.2) is 24.3 Å². The van der Waals surface area contributed by atoms with Crippen LogP contribution in [0.4, 0.5) is 23.9 Å². The number of nitrogens with one attached hydrogen (secondary N) is 2. The maximum absolute atomic E-state index is 12.7. The van der Waals surface area contributed by atoms with Crippen LogP contribution in [-0.4, -0.2) is 37.7 Å². The maximum Gasteiger partial charge on any atom is 0.471 e. The number of alkyl halides is 3. The van der Waals surface area contributed by atoms with E-state index in [2.05, 4.69) is 5.32 Å². The molecule has 11 heteroatoms. The molecule has 0 bridgehead atoms. The molecule has 0 unspecified atom stereocenters. The minimum atomic E-state index is -5.16. The number of carbonyl (C=O) groups is 3. The Kier molecular flexibility index (Phi) is 6.85. The van der Waals surface area contributed by atoms with Crippen molar-refractivity contribution in [2.75, 3.05) is 24.4 Å². The number of hydrogen-bond acceptors (Lipinski definition) is 6. The predicted octanol–water partition coefficient (Wildman–Crippen LogP) is 3.99. The van der Waals surface area contributed by atoms with E-state index in [4.69, 9.17) is 9.47 Å². The van der Waals surface area contributed by atoms with Gasteiger partial charge in [-0.1, -0.05) is 12.1 Å². The molecule has 0 aliphatic carbocycles. The van der Waals surface area contributed by atoms with Gasteiger partial charge >= 0.3 is 18.1 Å². The van der Waals surface area contributed by atoms with Crippen molar-refractivity contribution in [3.63, 3.8) is 0 Å². The summed E-state index contributed by atoms with van der Waals surface area (Å²) in [6.45, 7) is 2.86. The van der Waals surface area contributed by atoms with Crippen LogP contribution in [0.2, 0.25) is 0 Å². The molecule has 7 nitrogen and oxygen atoms in total. The molecule has 156 valence electrons. The second kappa shape index (κ2) is 8.95. The van der Waals surface area contributed by atoms with Crippen LogP contribution in [0.25, 0.3) is 0 Å². The van der Waals surface area contributed by atoms with Crippen LogP contribution in [0, 0.1) is 6.92 Å². The summed E-state index contributed by atoms with van der Waals surface area (Å²) < 4.78 is 47.9. The minimum Gasteiger partial charge on any atom is -0.495 e. The lowest BCUT2D eigenvalue weighted by Gasteiger charge is -2.09. The van der Waals surface area contributed by atoms with Gasteiger partial charge in [0, 0.05) is 0 Å². The van der Waals surface area contributed by atoms with Crippen molar-refractivity contribution >= 4 is 39.8 Å². The van der Waals surface area contributed by atoms with Gasteiger partial charge in [0.2, 0.25) is 0 Å². The summed E-state index contributed by atoms with van der Waals surface area (Å²) in [5, 5.41) is 3.79. The molecular weight excluding hydrogens is 413 g/mol. The SMILES string of the molecule is CCOC(=O)c1c(NC(=O)C(F)(F)F)sc(C(=O)Nc2ccccc2OC)c1C. The van der Waals surface area contributed by atoms with E-state index in [1.54, 1.807) is 29.6 Å². The van der Waals surface area contributed by atoms with Gasteiger partial charge < -0.3 is 20.1 Å². The Bertz CT molecular complexity index is 940. The number of ether oxygens (including phenoxy) is 2. The highest BCUT2D eigenvalue weighted by Gasteiger charge is 2.40. The highest BCUT2D eigenvalue weighted by Crippen LogP contribution is 2.36. The zero-order valence-corrected chi connectivity index (χ0v) is 16.4. The van der Waals surface area contributed by atoms with E-state index >= 15 is 0 Å². The summed E-state index contributed by atoms with van der Waals surface area (Å²) in [5.74, 6) is -3.53. The maximum atomic E-state index is 12.7. The first-order chi connectivity index (χ1) is 13.6. The summed E-state index contributed by atoms with van der Waals surface area (Å²) in [6.07, 6.45) is -5.16. The Balaban J connectivity index is 2.44. The van der Waals surface area contributed by atoms with Gasteiger partial charge in [-0.25, -0.2) is 4.79 Å². The van der Waals surface area contributed by atoms with Crippen molar-refractivity contribution in [3.05, 3.63) is 40.3 Å². The summed E-state index contributed by atoms with van der Waals surface area (Å²) in [6, 6.07) is 6.52. The van der Waals surface area contributed by atoms with Crippen molar-refractivity contribution in [1.82, 2.24) is 0 Å². The zero-order valence-electron chi connectivity index (χ0n) is 15.6. The number of benzene rings is 1. The molecule has 0 saturated carbocycles. The van der Waals surface area contributed by atoms with E-state index < -0.39 is 29.0 Å². The normalized spacial score (nSPS) is 11.0. The quantitative estimate of drug-likeness (QED) is 0.676. The second-order valence-electron chi connectivity index (χ2n) is 5.59. The molecular formula is C18H17F3N2O5S. The molecule has 0 atom stereocenters. The van der Waals surface area contributed by atoms with Crippen molar-refractivity contribution < 1.29 is 37.0 Å². The summed E-state index contributed by atoms with van der Waals surface area (Å²) in [4.78, 5) is 36.2. The molecule has 0 aliphatic rings. The van der Waals surface area contributed by atoms with Gasteiger partial charge in [0.25, 0.3) is 5.91 Å². The standard InChI is InChI=1S/C18H17F3N2O5S/c1-4-28-16(25)12-9(2)13(29-15(12)23-17(26)18(19,20)21)14(24)22-10-7-5-6-8-11(10)27-3/h5-8H,4H2,1-3H3,(H,22,24)(H,23,26). The largest absolute Gasteiger partial charge is 0.495 e. The molecule has 0 saturated heterocycles. The number of anilines is 2. The van der Waals surface area contributed by atoms with Gasteiger partial charge in [0.05, 0.1) is 29.8 Å². The molecule has 0 fully saturated rings. The molecule has 1 heterocycles. The van der Waals surface area contributed by atoms with Gasteiger partial charge in [0.15, 0.2) is 0 Å². The van der Waals surface area contributed by atoms with E-state index in [0.29, 0.717) is 22.8 Å². The van der Waals surface area contributed by atoms with E-state index in [9.17, 15) is 27.6 Å². The molecule has 29 heavy (non-hydrogen) atoms. The van der Waals surface area contributed by atoms with Gasteiger partial charge in [-0.3, -0.25) is 9.59 Å². The van der Waals surface area contributed by atoms with E-state index in [1.165, 1.54) is 21.0 Å². The van der Waals surface area contributed by atoms with Gasteiger partial charge in [-0.05, 0) is 31.5 Å².